The predicted octanol–water partition coefficient (Wildman–Crippen LogP) is 6.41. The van der Waals surface area contributed by atoms with E-state index in [1.165, 1.54) is 25.7 Å². The number of hydrogen-bond acceptors (Lipinski definition) is 5. The smallest absolute Gasteiger partial charge is 0.233 e. The molecular formula is C27H25ClN6. The first-order valence-electron chi connectivity index (χ1n) is 11.6. The van der Waals surface area contributed by atoms with Gasteiger partial charge < -0.3 is 4.57 Å². The van der Waals surface area contributed by atoms with Gasteiger partial charge in [-0.3, -0.25) is 9.97 Å². The Balaban J connectivity index is 1.67. The number of nitrogens with zero attached hydrogens (tertiary/aromatic N) is 6. The molecule has 7 heteroatoms. The van der Waals surface area contributed by atoms with Crippen LogP contribution in [0.15, 0.2) is 49.2 Å². The Bertz CT molecular complexity index is 1380. The van der Waals surface area contributed by atoms with Crippen molar-refractivity contribution in [3.8, 4) is 17.3 Å². The molecule has 0 spiro atoms. The summed E-state index contributed by atoms with van der Waals surface area (Å²) in [5, 5.41) is 10.2. The van der Waals surface area contributed by atoms with E-state index in [0.717, 1.165) is 40.2 Å². The Hall–Kier alpha value is -3.56. The lowest BCUT2D eigenvalue weighted by atomic mass is 9.83. The second kappa shape index (κ2) is 9.74. The molecule has 0 aromatic carbocycles. The number of fused-ring (bicyclic) bond motifs is 1. The van der Waals surface area contributed by atoms with Crippen LogP contribution >= 0.6 is 11.6 Å². The van der Waals surface area contributed by atoms with Gasteiger partial charge in [0.1, 0.15) is 17.3 Å². The molecule has 1 saturated carbocycles. The Morgan fingerprint density at radius 2 is 1.97 bits per heavy atom. The van der Waals surface area contributed by atoms with E-state index >= 15 is 0 Å². The largest absolute Gasteiger partial charge is 0.343 e. The van der Waals surface area contributed by atoms with E-state index in [-0.39, 0.29) is 5.82 Å². The highest BCUT2D eigenvalue weighted by molar-refractivity contribution is 6.30. The topological polar surface area (TPSA) is 80.3 Å². The summed E-state index contributed by atoms with van der Waals surface area (Å²) in [6.45, 7) is 3.23. The van der Waals surface area contributed by atoms with E-state index in [1.807, 2.05) is 36.5 Å². The molecule has 5 rings (SSSR count). The molecule has 0 saturated heterocycles. The lowest BCUT2D eigenvalue weighted by Gasteiger charge is -2.26. The fourth-order valence-corrected chi connectivity index (χ4v) is 4.90. The molecule has 0 N–H and O–H groups in total. The van der Waals surface area contributed by atoms with E-state index in [2.05, 4.69) is 43.7 Å². The summed E-state index contributed by atoms with van der Waals surface area (Å²) in [5.74, 6) is 1.52. The van der Waals surface area contributed by atoms with Crippen molar-refractivity contribution in [1.29, 1.82) is 5.26 Å². The zero-order valence-electron chi connectivity index (χ0n) is 19.0. The molecule has 6 nitrogen and oxygen atoms in total. The SMILES string of the molecule is C[C@H]1CC[C@H](Cn2cc(/C=C/c3cccnc3)c3nc(C#N)nc(-c4cncc(Cl)c4)c32)CC1. The highest BCUT2D eigenvalue weighted by Gasteiger charge is 2.22. The van der Waals surface area contributed by atoms with Crippen molar-refractivity contribution in [2.24, 2.45) is 11.8 Å². The summed E-state index contributed by atoms with van der Waals surface area (Å²) in [5.41, 5.74) is 5.06. The number of nitriles is 1. The molecule has 4 heterocycles. The summed E-state index contributed by atoms with van der Waals surface area (Å²) in [7, 11) is 0. The van der Waals surface area contributed by atoms with Crippen molar-refractivity contribution in [3.05, 3.63) is 71.2 Å². The van der Waals surface area contributed by atoms with Crippen LogP contribution in [0.3, 0.4) is 0 Å². The van der Waals surface area contributed by atoms with E-state index in [9.17, 15) is 5.26 Å². The summed E-state index contributed by atoms with van der Waals surface area (Å²) < 4.78 is 2.26. The van der Waals surface area contributed by atoms with Gasteiger partial charge >= 0.3 is 0 Å². The monoisotopic (exact) mass is 468 g/mol. The standard InChI is InChI=1S/C27H25ClN6/c1-18-4-6-20(7-5-18)16-34-17-21(9-8-19-3-2-10-30-13-19)25-27(34)26(33-24(12-29)32-25)22-11-23(28)15-31-14-22/h2-3,8-11,13-15,17-18,20H,4-7,16H2,1H3/b9-8+/t18-,20-. The zero-order chi connectivity index (χ0) is 23.5. The van der Waals surface area contributed by atoms with Crippen molar-refractivity contribution < 1.29 is 0 Å². The fourth-order valence-electron chi connectivity index (χ4n) is 4.73. The minimum Gasteiger partial charge on any atom is -0.343 e. The van der Waals surface area contributed by atoms with Crippen LogP contribution < -0.4 is 0 Å². The maximum Gasteiger partial charge on any atom is 0.233 e. The van der Waals surface area contributed by atoms with Crippen molar-refractivity contribution >= 4 is 34.8 Å². The summed E-state index contributed by atoms with van der Waals surface area (Å²) in [4.78, 5) is 17.7. The third-order valence-corrected chi connectivity index (χ3v) is 6.75. The first kappa shape index (κ1) is 22.2. The Morgan fingerprint density at radius 3 is 2.71 bits per heavy atom. The van der Waals surface area contributed by atoms with Gasteiger partial charge in [-0.05, 0) is 42.4 Å². The molecule has 1 aliphatic rings. The summed E-state index contributed by atoms with van der Waals surface area (Å²) in [6.07, 6.45) is 18.0. The van der Waals surface area contributed by atoms with Gasteiger partial charge in [0, 0.05) is 48.7 Å². The summed E-state index contributed by atoms with van der Waals surface area (Å²) >= 11 is 6.26. The summed E-state index contributed by atoms with van der Waals surface area (Å²) in [6, 6.07) is 7.87. The van der Waals surface area contributed by atoms with Crippen LogP contribution in [0.25, 0.3) is 34.4 Å². The van der Waals surface area contributed by atoms with Crippen molar-refractivity contribution in [1.82, 2.24) is 24.5 Å². The molecule has 170 valence electrons. The third-order valence-electron chi connectivity index (χ3n) is 6.55. The second-order valence-corrected chi connectivity index (χ2v) is 9.52. The molecule has 0 bridgehead atoms. The van der Waals surface area contributed by atoms with Gasteiger partial charge in [0.15, 0.2) is 0 Å². The van der Waals surface area contributed by atoms with Crippen LogP contribution in [-0.4, -0.2) is 24.5 Å². The van der Waals surface area contributed by atoms with Crippen LogP contribution in [0.1, 0.15) is 49.6 Å². The Morgan fingerprint density at radius 1 is 1.12 bits per heavy atom. The molecule has 1 fully saturated rings. The number of pyridine rings is 2. The zero-order valence-corrected chi connectivity index (χ0v) is 19.8. The Labute approximate surface area is 204 Å². The van der Waals surface area contributed by atoms with Crippen molar-refractivity contribution in [2.75, 3.05) is 0 Å². The average Bonchev–Trinajstić information content (AvgIpc) is 3.21. The molecule has 0 amide bonds. The van der Waals surface area contributed by atoms with Crippen LogP contribution in [0.2, 0.25) is 5.02 Å². The minimum absolute atomic E-state index is 0.128. The van der Waals surface area contributed by atoms with Crippen LogP contribution in [0.5, 0.6) is 0 Å². The molecule has 0 unspecified atom stereocenters. The normalized spacial score (nSPS) is 18.4. The van der Waals surface area contributed by atoms with Gasteiger partial charge in [0.2, 0.25) is 5.82 Å². The van der Waals surface area contributed by atoms with Gasteiger partial charge in [0.25, 0.3) is 0 Å². The number of rotatable bonds is 5. The number of halogens is 1. The molecule has 0 atom stereocenters. The molecular weight excluding hydrogens is 444 g/mol. The third kappa shape index (κ3) is 4.71. The van der Waals surface area contributed by atoms with Gasteiger partial charge in [-0.25, -0.2) is 9.97 Å². The quantitative estimate of drug-likeness (QED) is 0.338. The Kier molecular flexibility index (Phi) is 6.37. The maximum absolute atomic E-state index is 9.66. The van der Waals surface area contributed by atoms with E-state index in [0.29, 0.717) is 16.6 Å². The molecule has 34 heavy (non-hydrogen) atoms. The van der Waals surface area contributed by atoms with E-state index in [1.54, 1.807) is 18.6 Å². The maximum atomic E-state index is 9.66. The number of aromatic nitrogens is 5. The molecule has 4 aromatic heterocycles. The molecule has 4 aromatic rings. The van der Waals surface area contributed by atoms with Gasteiger partial charge in [-0.2, -0.15) is 5.26 Å². The van der Waals surface area contributed by atoms with E-state index in [4.69, 9.17) is 11.6 Å². The van der Waals surface area contributed by atoms with Gasteiger partial charge in [-0.1, -0.05) is 49.6 Å². The molecule has 0 radical (unpaired) electrons. The van der Waals surface area contributed by atoms with Crippen LogP contribution in [0.4, 0.5) is 0 Å². The fraction of sp³-hybridized carbons (Fsp3) is 0.296. The highest BCUT2D eigenvalue weighted by Crippen LogP contribution is 2.34. The minimum atomic E-state index is 0.128. The number of hydrogen-bond donors (Lipinski definition) is 0. The van der Waals surface area contributed by atoms with Crippen molar-refractivity contribution in [2.45, 2.75) is 39.2 Å². The molecule has 0 aliphatic heterocycles. The van der Waals surface area contributed by atoms with Crippen molar-refractivity contribution in [3.63, 3.8) is 0 Å². The predicted molar refractivity (Wildman–Crippen MR) is 135 cm³/mol. The lowest BCUT2D eigenvalue weighted by molar-refractivity contribution is 0.267. The first-order chi connectivity index (χ1) is 16.6. The lowest BCUT2D eigenvalue weighted by Crippen LogP contribution is -2.17. The first-order valence-corrected chi connectivity index (χ1v) is 12.0. The van der Waals surface area contributed by atoms with Crippen LogP contribution in [-0.2, 0) is 6.54 Å². The second-order valence-electron chi connectivity index (χ2n) is 9.08. The highest BCUT2D eigenvalue weighted by atomic mass is 35.5. The average molecular weight is 469 g/mol. The van der Waals surface area contributed by atoms with Gasteiger partial charge in [0.05, 0.1) is 10.5 Å². The van der Waals surface area contributed by atoms with E-state index < -0.39 is 0 Å². The van der Waals surface area contributed by atoms with Gasteiger partial charge in [-0.15, -0.1) is 0 Å². The molecule has 1 aliphatic carbocycles. The van der Waals surface area contributed by atoms with Crippen LogP contribution in [0, 0.1) is 23.2 Å².